The van der Waals surface area contributed by atoms with Crippen LogP contribution in [0.5, 0.6) is 5.75 Å². The van der Waals surface area contributed by atoms with E-state index in [1.807, 2.05) is 36.6 Å². The van der Waals surface area contributed by atoms with Crippen LogP contribution in [0.2, 0.25) is 0 Å². The number of rotatable bonds is 3. The van der Waals surface area contributed by atoms with E-state index in [1.165, 1.54) is 0 Å². The van der Waals surface area contributed by atoms with Crippen LogP contribution in [-0.2, 0) is 6.54 Å². The molecule has 0 radical (unpaired) electrons. The Kier molecular flexibility index (Phi) is 5.08. The molecule has 0 fully saturated rings. The van der Waals surface area contributed by atoms with Crippen LogP contribution >= 0.6 is 15.9 Å². The molecule has 1 aromatic heterocycles. The van der Waals surface area contributed by atoms with Crippen molar-refractivity contribution in [1.82, 2.24) is 20.3 Å². The molecular weight excluding hydrogens is 386 g/mol. The molecule has 3 rings (SSSR count). The van der Waals surface area contributed by atoms with E-state index in [-0.39, 0.29) is 11.9 Å². The zero-order valence-corrected chi connectivity index (χ0v) is 15.9. The fourth-order valence-electron chi connectivity index (χ4n) is 2.45. The summed E-state index contributed by atoms with van der Waals surface area (Å²) in [6, 6.07) is 5.98. The average Bonchev–Trinajstić information content (AvgIpc) is 2.90. The number of amidine groups is 1. The Morgan fingerprint density at radius 2 is 2.24 bits per heavy atom. The quantitative estimate of drug-likeness (QED) is 0.467. The van der Waals surface area contributed by atoms with Gasteiger partial charge >= 0.3 is 0 Å². The van der Waals surface area contributed by atoms with Crippen molar-refractivity contribution in [2.24, 2.45) is 5.10 Å². The van der Waals surface area contributed by atoms with Gasteiger partial charge in [-0.25, -0.2) is 4.98 Å². The molecule has 8 heteroatoms. The van der Waals surface area contributed by atoms with Crippen molar-refractivity contribution in [1.29, 1.82) is 0 Å². The molecule has 132 valence electrons. The summed E-state index contributed by atoms with van der Waals surface area (Å²) < 4.78 is 8.65. The van der Waals surface area contributed by atoms with Gasteiger partial charge in [-0.1, -0.05) is 15.9 Å². The number of hydrogen-bond donors (Lipinski definition) is 2. The van der Waals surface area contributed by atoms with Crippen molar-refractivity contribution in [3.05, 3.63) is 34.6 Å². The maximum atomic E-state index is 12.4. The van der Waals surface area contributed by atoms with E-state index < -0.39 is 0 Å². The van der Waals surface area contributed by atoms with Crippen molar-refractivity contribution < 1.29 is 9.53 Å². The number of imidazole rings is 1. The summed E-state index contributed by atoms with van der Waals surface area (Å²) in [4.78, 5) is 16.9. The van der Waals surface area contributed by atoms with Crippen molar-refractivity contribution in [2.45, 2.75) is 33.4 Å². The summed E-state index contributed by atoms with van der Waals surface area (Å²) in [5.74, 6) is 1.69. The predicted octanol–water partition coefficient (Wildman–Crippen LogP) is 2.77. The van der Waals surface area contributed by atoms with Crippen LogP contribution in [-0.4, -0.2) is 33.9 Å². The van der Waals surface area contributed by atoms with Crippen molar-refractivity contribution in [3.63, 3.8) is 0 Å². The van der Waals surface area contributed by atoms with E-state index in [2.05, 4.69) is 36.8 Å². The number of hydrazone groups is 1. The summed E-state index contributed by atoms with van der Waals surface area (Å²) in [6.45, 7) is 6.83. The van der Waals surface area contributed by atoms with Gasteiger partial charge in [0.15, 0.2) is 0 Å². The van der Waals surface area contributed by atoms with E-state index in [9.17, 15) is 4.79 Å². The van der Waals surface area contributed by atoms with Gasteiger partial charge in [-0.05, 0) is 39.0 Å². The van der Waals surface area contributed by atoms with Gasteiger partial charge < -0.3 is 20.0 Å². The summed E-state index contributed by atoms with van der Waals surface area (Å²) in [6.07, 6.45) is 1.74. The number of nitrogens with one attached hydrogen (secondary N) is 2. The number of fused-ring (bicyclic) bond motifs is 3. The first-order valence-corrected chi connectivity index (χ1v) is 8.84. The van der Waals surface area contributed by atoms with E-state index >= 15 is 0 Å². The molecule has 0 atom stereocenters. The number of benzene rings is 1. The van der Waals surface area contributed by atoms with E-state index in [0.29, 0.717) is 24.7 Å². The zero-order valence-electron chi connectivity index (χ0n) is 14.3. The van der Waals surface area contributed by atoms with E-state index in [1.54, 1.807) is 13.1 Å². The Hall–Kier alpha value is -2.35. The standard InChI is InChI=1S/C17H20BrN5O2/c1-10(2)21-22-11(3)19-17(24)14-9-23-6-7-25-15-8-12(18)4-5-13(15)16(23)20-14/h4-5,8-10,21H,6-7H2,1-3H3,(H,19,22,24). The molecule has 0 saturated carbocycles. The second-order valence-electron chi connectivity index (χ2n) is 6.07. The topological polar surface area (TPSA) is 80.5 Å². The molecule has 1 amide bonds. The van der Waals surface area contributed by atoms with Crippen LogP contribution < -0.4 is 15.5 Å². The second kappa shape index (κ2) is 7.26. The van der Waals surface area contributed by atoms with Gasteiger partial charge in [-0.2, -0.15) is 5.10 Å². The first-order chi connectivity index (χ1) is 11.9. The third-order valence-electron chi connectivity index (χ3n) is 3.57. The molecule has 0 aliphatic carbocycles. The predicted molar refractivity (Wildman–Crippen MR) is 99.7 cm³/mol. The van der Waals surface area contributed by atoms with E-state index in [4.69, 9.17) is 4.74 Å². The number of carbonyl (C=O) groups excluding carboxylic acids is 1. The Balaban J connectivity index is 1.85. The molecule has 25 heavy (non-hydrogen) atoms. The number of amides is 1. The maximum Gasteiger partial charge on any atom is 0.276 e. The Morgan fingerprint density at radius 3 is 3.00 bits per heavy atom. The minimum absolute atomic E-state index is 0.200. The third kappa shape index (κ3) is 4.01. The van der Waals surface area contributed by atoms with Crippen molar-refractivity contribution >= 4 is 27.7 Å². The fourth-order valence-corrected chi connectivity index (χ4v) is 2.79. The molecule has 0 saturated heterocycles. The van der Waals surface area contributed by atoms with Crippen LogP contribution in [0.25, 0.3) is 11.4 Å². The minimum atomic E-state index is -0.285. The Bertz CT molecular complexity index is 828. The second-order valence-corrected chi connectivity index (χ2v) is 6.98. The van der Waals surface area contributed by atoms with E-state index in [0.717, 1.165) is 21.6 Å². The molecule has 1 aromatic carbocycles. The summed E-state index contributed by atoms with van der Waals surface area (Å²) in [5, 5.41) is 6.85. The highest BCUT2D eigenvalue weighted by molar-refractivity contribution is 9.10. The molecule has 0 bridgehead atoms. The monoisotopic (exact) mass is 405 g/mol. The van der Waals surface area contributed by atoms with Crippen LogP contribution in [0.1, 0.15) is 31.3 Å². The first-order valence-electron chi connectivity index (χ1n) is 8.05. The van der Waals surface area contributed by atoms with Gasteiger partial charge in [0.05, 0.1) is 12.1 Å². The van der Waals surface area contributed by atoms with Crippen LogP contribution in [0.15, 0.2) is 34.0 Å². The van der Waals surface area contributed by atoms with Gasteiger partial charge in [0, 0.05) is 16.7 Å². The third-order valence-corrected chi connectivity index (χ3v) is 4.06. The maximum absolute atomic E-state index is 12.4. The molecule has 1 aliphatic rings. The molecule has 2 aromatic rings. The summed E-state index contributed by atoms with van der Waals surface area (Å²) in [7, 11) is 0. The fraction of sp³-hybridized carbons (Fsp3) is 0.353. The molecule has 2 N–H and O–H groups in total. The molecule has 1 aliphatic heterocycles. The zero-order chi connectivity index (χ0) is 18.0. The molecular formula is C17H20BrN5O2. The lowest BCUT2D eigenvalue weighted by Gasteiger charge is -2.07. The first kappa shape index (κ1) is 17.5. The minimum Gasteiger partial charge on any atom is -0.491 e. The lowest BCUT2D eigenvalue weighted by atomic mass is 10.2. The van der Waals surface area contributed by atoms with Gasteiger partial charge in [0.1, 0.15) is 29.7 Å². The van der Waals surface area contributed by atoms with Gasteiger partial charge in [-0.15, -0.1) is 0 Å². The van der Waals surface area contributed by atoms with Crippen LogP contribution in [0, 0.1) is 0 Å². The molecule has 7 nitrogen and oxygen atoms in total. The highest BCUT2D eigenvalue weighted by Crippen LogP contribution is 2.34. The molecule has 2 heterocycles. The summed E-state index contributed by atoms with van der Waals surface area (Å²) >= 11 is 3.45. The summed E-state index contributed by atoms with van der Waals surface area (Å²) in [5.41, 5.74) is 4.12. The lowest BCUT2D eigenvalue weighted by Crippen LogP contribution is -2.31. The number of halogens is 1. The Labute approximate surface area is 154 Å². The lowest BCUT2D eigenvalue weighted by molar-refractivity contribution is 0.0972. The highest BCUT2D eigenvalue weighted by atomic mass is 79.9. The van der Waals surface area contributed by atoms with Crippen molar-refractivity contribution in [3.8, 4) is 17.1 Å². The molecule has 0 unspecified atom stereocenters. The van der Waals surface area contributed by atoms with Gasteiger partial charge in [0.25, 0.3) is 5.91 Å². The van der Waals surface area contributed by atoms with Crippen molar-refractivity contribution in [2.75, 3.05) is 6.61 Å². The number of hydrogen-bond acceptors (Lipinski definition) is 5. The SMILES string of the molecule is CC(=NNC(C)C)NC(=O)c1cn2c(n1)-c1ccc(Br)cc1OCC2. The number of carbonyl (C=O) groups is 1. The number of aromatic nitrogens is 2. The highest BCUT2D eigenvalue weighted by Gasteiger charge is 2.21. The normalized spacial score (nSPS) is 13.6. The van der Waals surface area contributed by atoms with Crippen LogP contribution in [0.3, 0.4) is 0 Å². The Morgan fingerprint density at radius 1 is 1.44 bits per heavy atom. The number of ether oxygens (including phenoxy) is 1. The van der Waals surface area contributed by atoms with Gasteiger partial charge in [-0.3, -0.25) is 4.79 Å². The number of nitrogens with zero attached hydrogens (tertiary/aromatic N) is 3. The smallest absolute Gasteiger partial charge is 0.276 e. The largest absolute Gasteiger partial charge is 0.491 e. The van der Waals surface area contributed by atoms with Gasteiger partial charge in [0.2, 0.25) is 0 Å². The molecule has 0 spiro atoms. The average molecular weight is 406 g/mol. The van der Waals surface area contributed by atoms with Crippen LogP contribution in [0.4, 0.5) is 0 Å².